The summed E-state index contributed by atoms with van der Waals surface area (Å²) in [4.78, 5) is 12.7. The Hall–Kier alpha value is -2.82. The Kier molecular flexibility index (Phi) is 8.54. The van der Waals surface area contributed by atoms with E-state index in [1.807, 2.05) is 0 Å². The fourth-order valence-corrected chi connectivity index (χ4v) is 4.96. The average molecular weight is 479 g/mol. The van der Waals surface area contributed by atoms with Gasteiger partial charge in [0.25, 0.3) is 0 Å². The molecule has 10 heteroatoms. The van der Waals surface area contributed by atoms with E-state index in [2.05, 4.69) is 5.32 Å². The zero-order valence-electron chi connectivity index (χ0n) is 19.1. The van der Waals surface area contributed by atoms with Gasteiger partial charge in [-0.2, -0.15) is 4.31 Å². The number of aryl methyl sites for hydroxylation is 1. The number of nitrogens with one attached hydrogen (secondary N) is 1. The largest absolute Gasteiger partial charge is 0.496 e. The van der Waals surface area contributed by atoms with Gasteiger partial charge in [0, 0.05) is 31.6 Å². The van der Waals surface area contributed by atoms with Crippen molar-refractivity contribution in [2.24, 2.45) is 0 Å². The highest BCUT2D eigenvalue weighted by molar-refractivity contribution is 7.89. The van der Waals surface area contributed by atoms with Crippen LogP contribution in [-0.2, 0) is 32.5 Å². The molecule has 33 heavy (non-hydrogen) atoms. The number of methoxy groups -OCH3 is 3. The summed E-state index contributed by atoms with van der Waals surface area (Å²) in [6.07, 6.45) is 0.747. The van der Waals surface area contributed by atoms with Gasteiger partial charge in [-0.25, -0.2) is 8.42 Å². The van der Waals surface area contributed by atoms with E-state index < -0.39 is 10.0 Å². The second-order valence-corrected chi connectivity index (χ2v) is 9.39. The third-order valence-electron chi connectivity index (χ3n) is 5.45. The Labute approximate surface area is 194 Å². The number of benzene rings is 2. The molecule has 0 saturated carbocycles. The average Bonchev–Trinajstić information content (AvgIpc) is 2.86. The van der Waals surface area contributed by atoms with E-state index in [4.69, 9.17) is 18.9 Å². The number of rotatable bonds is 10. The molecule has 0 radical (unpaired) electrons. The third-order valence-corrected chi connectivity index (χ3v) is 7.36. The maximum absolute atomic E-state index is 12.7. The summed E-state index contributed by atoms with van der Waals surface area (Å²) in [5.41, 5.74) is 1.59. The van der Waals surface area contributed by atoms with Crippen LogP contribution in [0, 0.1) is 0 Å². The van der Waals surface area contributed by atoms with E-state index in [0.29, 0.717) is 55.5 Å². The van der Waals surface area contributed by atoms with Gasteiger partial charge in [-0.15, -0.1) is 0 Å². The lowest BCUT2D eigenvalue weighted by atomic mass is 10.1. The summed E-state index contributed by atoms with van der Waals surface area (Å²) in [6, 6.07) is 10.1. The van der Waals surface area contributed by atoms with Crippen LogP contribution >= 0.6 is 0 Å². The summed E-state index contributed by atoms with van der Waals surface area (Å²) in [5, 5.41) is 2.88. The lowest BCUT2D eigenvalue weighted by Crippen LogP contribution is -2.40. The number of amides is 1. The van der Waals surface area contributed by atoms with Crippen molar-refractivity contribution in [1.29, 1.82) is 0 Å². The quantitative estimate of drug-likeness (QED) is 0.557. The third kappa shape index (κ3) is 6.16. The van der Waals surface area contributed by atoms with Crippen molar-refractivity contribution < 1.29 is 32.2 Å². The highest BCUT2D eigenvalue weighted by Gasteiger charge is 2.26. The van der Waals surface area contributed by atoms with Crippen molar-refractivity contribution in [2.75, 3.05) is 47.6 Å². The van der Waals surface area contributed by atoms with Crippen molar-refractivity contribution in [3.63, 3.8) is 0 Å². The molecule has 1 saturated heterocycles. The molecule has 3 rings (SSSR count). The number of nitrogens with zero attached hydrogens (tertiary/aromatic N) is 1. The molecule has 0 spiro atoms. The first-order chi connectivity index (χ1) is 15.9. The van der Waals surface area contributed by atoms with Crippen molar-refractivity contribution in [3.05, 3.63) is 47.5 Å². The van der Waals surface area contributed by atoms with E-state index in [-0.39, 0.29) is 23.8 Å². The minimum absolute atomic E-state index is 0.139. The van der Waals surface area contributed by atoms with Crippen LogP contribution < -0.4 is 19.5 Å². The zero-order chi connectivity index (χ0) is 23.8. The first-order valence-corrected chi connectivity index (χ1v) is 12.1. The number of hydrogen-bond donors (Lipinski definition) is 1. The monoisotopic (exact) mass is 478 g/mol. The van der Waals surface area contributed by atoms with Crippen molar-refractivity contribution in [3.8, 4) is 17.2 Å². The molecule has 0 atom stereocenters. The number of morpholine rings is 1. The second-order valence-electron chi connectivity index (χ2n) is 7.45. The molecular weight excluding hydrogens is 448 g/mol. The summed E-state index contributed by atoms with van der Waals surface area (Å²) >= 11 is 0. The topological polar surface area (TPSA) is 103 Å². The summed E-state index contributed by atoms with van der Waals surface area (Å²) in [6.45, 7) is 1.76. The van der Waals surface area contributed by atoms with Crippen molar-refractivity contribution in [2.45, 2.75) is 24.3 Å². The van der Waals surface area contributed by atoms with E-state index in [0.717, 1.165) is 5.56 Å². The molecule has 1 aliphatic rings. The second kappa shape index (κ2) is 11.4. The van der Waals surface area contributed by atoms with Crippen LogP contribution in [-0.4, -0.2) is 66.3 Å². The maximum Gasteiger partial charge on any atom is 0.243 e. The van der Waals surface area contributed by atoms with Gasteiger partial charge < -0.3 is 24.3 Å². The Balaban J connectivity index is 1.56. The van der Waals surface area contributed by atoms with Gasteiger partial charge in [0.2, 0.25) is 15.9 Å². The van der Waals surface area contributed by atoms with E-state index in [1.165, 1.54) is 4.31 Å². The van der Waals surface area contributed by atoms with Gasteiger partial charge in [-0.1, -0.05) is 12.1 Å². The summed E-state index contributed by atoms with van der Waals surface area (Å²) < 4.78 is 48.1. The Morgan fingerprint density at radius 2 is 1.61 bits per heavy atom. The highest BCUT2D eigenvalue weighted by atomic mass is 32.2. The molecule has 180 valence electrons. The molecule has 1 amide bonds. The fraction of sp³-hybridized carbons (Fsp3) is 0.435. The molecule has 0 aromatic heterocycles. The van der Waals surface area contributed by atoms with Crippen LogP contribution in [0.25, 0.3) is 0 Å². The lowest BCUT2D eigenvalue weighted by Gasteiger charge is -2.26. The molecule has 2 aromatic rings. The maximum atomic E-state index is 12.7. The van der Waals surface area contributed by atoms with Gasteiger partial charge in [0.1, 0.15) is 17.2 Å². The molecule has 1 heterocycles. The minimum Gasteiger partial charge on any atom is -0.496 e. The number of ether oxygens (including phenoxy) is 4. The van der Waals surface area contributed by atoms with Crippen LogP contribution in [0.2, 0.25) is 0 Å². The predicted molar refractivity (Wildman–Crippen MR) is 122 cm³/mol. The predicted octanol–water partition coefficient (Wildman–Crippen LogP) is 1.98. The Morgan fingerprint density at radius 1 is 1.00 bits per heavy atom. The van der Waals surface area contributed by atoms with E-state index in [9.17, 15) is 13.2 Å². The van der Waals surface area contributed by atoms with E-state index >= 15 is 0 Å². The van der Waals surface area contributed by atoms with Crippen LogP contribution in [0.3, 0.4) is 0 Å². The van der Waals surface area contributed by atoms with Gasteiger partial charge in [-0.05, 0) is 24.1 Å². The van der Waals surface area contributed by atoms with Crippen LogP contribution in [0.5, 0.6) is 17.2 Å². The highest BCUT2D eigenvalue weighted by Crippen LogP contribution is 2.33. The Bertz CT molecular complexity index is 1020. The standard InChI is InChI=1S/C23H30N2O7S/c1-29-18-14-21(30-2)20(22(15-18)31-3)16-24-23(26)9-6-17-4-7-19(8-5-17)33(27,28)25-10-12-32-13-11-25/h4-5,7-8,14-15H,6,9-13,16H2,1-3H3,(H,24,26). The number of sulfonamides is 1. The van der Waals surface area contributed by atoms with E-state index in [1.54, 1.807) is 57.7 Å². The number of carbonyl (C=O) groups excluding carboxylic acids is 1. The molecule has 1 aliphatic heterocycles. The molecule has 0 unspecified atom stereocenters. The molecule has 1 fully saturated rings. The molecule has 9 nitrogen and oxygen atoms in total. The molecule has 2 aromatic carbocycles. The summed E-state index contributed by atoms with van der Waals surface area (Å²) in [5.74, 6) is 1.57. The first kappa shape index (κ1) is 24.8. The van der Waals surface area contributed by atoms with Gasteiger partial charge >= 0.3 is 0 Å². The van der Waals surface area contributed by atoms with Crippen LogP contribution in [0.15, 0.2) is 41.3 Å². The van der Waals surface area contributed by atoms with Gasteiger partial charge in [-0.3, -0.25) is 4.79 Å². The molecular formula is C23H30N2O7S. The van der Waals surface area contributed by atoms with Crippen LogP contribution in [0.4, 0.5) is 0 Å². The normalized spacial score (nSPS) is 14.5. The molecule has 0 aliphatic carbocycles. The smallest absolute Gasteiger partial charge is 0.243 e. The van der Waals surface area contributed by atoms with Gasteiger partial charge in [0.05, 0.1) is 51.5 Å². The molecule has 0 bridgehead atoms. The number of carbonyl (C=O) groups is 1. The van der Waals surface area contributed by atoms with Crippen molar-refractivity contribution in [1.82, 2.24) is 9.62 Å². The summed E-state index contributed by atoms with van der Waals surface area (Å²) in [7, 11) is 1.12. The first-order valence-electron chi connectivity index (χ1n) is 10.6. The fourth-order valence-electron chi connectivity index (χ4n) is 3.55. The van der Waals surface area contributed by atoms with Gasteiger partial charge in [0.15, 0.2) is 0 Å². The zero-order valence-corrected chi connectivity index (χ0v) is 19.9. The minimum atomic E-state index is -3.53. The van der Waals surface area contributed by atoms with Crippen LogP contribution in [0.1, 0.15) is 17.5 Å². The lowest BCUT2D eigenvalue weighted by molar-refractivity contribution is -0.121. The van der Waals surface area contributed by atoms with Crippen molar-refractivity contribution >= 4 is 15.9 Å². The molecule has 1 N–H and O–H groups in total. The Morgan fingerprint density at radius 3 is 2.15 bits per heavy atom. The number of hydrogen-bond acceptors (Lipinski definition) is 7. The SMILES string of the molecule is COc1cc(OC)c(CNC(=O)CCc2ccc(S(=O)(=O)N3CCOCC3)cc2)c(OC)c1.